The molecule has 1 aromatic heterocycles. The molecule has 0 spiro atoms. The molecule has 10 heteroatoms. The summed E-state index contributed by atoms with van der Waals surface area (Å²) in [6, 6.07) is 0.0140. The van der Waals surface area contributed by atoms with Crippen molar-refractivity contribution in [1.29, 1.82) is 0 Å². The molecule has 1 heterocycles. The molecule has 1 aromatic rings. The summed E-state index contributed by atoms with van der Waals surface area (Å²) in [5.74, 6) is -1.34. The van der Waals surface area contributed by atoms with E-state index in [0.29, 0.717) is 7.57 Å². The zero-order valence-electron chi connectivity index (χ0n) is 8.76. The van der Waals surface area contributed by atoms with Crippen LogP contribution in [0.25, 0.3) is 0 Å². The molecule has 0 amide bonds. The molecule has 3 N–H and O–H groups in total. The van der Waals surface area contributed by atoms with E-state index in [0.717, 1.165) is 11.3 Å². The van der Waals surface area contributed by atoms with Gasteiger partial charge >= 0.3 is 5.97 Å². The normalized spacial score (nSPS) is 13.5. The highest BCUT2D eigenvalue weighted by Crippen LogP contribution is 2.34. The van der Waals surface area contributed by atoms with Crippen molar-refractivity contribution in [2.75, 3.05) is 6.61 Å². The molecule has 0 bridgehead atoms. The number of carboxylic acid groups (broad SMARTS) is 1. The van der Waals surface area contributed by atoms with E-state index in [9.17, 15) is 13.2 Å². The van der Waals surface area contributed by atoms with E-state index in [-0.39, 0.29) is 11.3 Å². The van der Waals surface area contributed by atoms with Crippen LogP contribution in [0.15, 0.2) is 18.5 Å². The lowest BCUT2D eigenvalue weighted by Gasteiger charge is -2.13. The molecule has 0 saturated heterocycles. The van der Waals surface area contributed by atoms with Gasteiger partial charge in [0.05, 0.1) is 7.57 Å². The number of aliphatic hydroxyl groups is 1. The standard InChI is InChI=1S/C8H9Br2NO5S2/c9-6-3-5(7(10)17-6)18(15,16)11-4(1-2-12)8(13)14/h3-4,11-12H,1-2H2,(H,13,14). The Bertz CT molecular complexity index is 542. The van der Waals surface area contributed by atoms with Gasteiger partial charge in [0, 0.05) is 6.61 Å². The van der Waals surface area contributed by atoms with Crippen LogP contribution < -0.4 is 4.72 Å². The zero-order chi connectivity index (χ0) is 13.9. The van der Waals surface area contributed by atoms with Crippen molar-refractivity contribution in [3.8, 4) is 0 Å². The number of carboxylic acids is 1. The van der Waals surface area contributed by atoms with E-state index in [4.69, 9.17) is 10.2 Å². The number of rotatable bonds is 6. The van der Waals surface area contributed by atoms with Crippen molar-refractivity contribution in [2.45, 2.75) is 17.4 Å². The second-order valence-corrected chi connectivity index (χ2v) is 8.64. The molecule has 0 fully saturated rings. The lowest BCUT2D eigenvalue weighted by molar-refractivity contribution is -0.139. The van der Waals surface area contributed by atoms with E-state index in [2.05, 4.69) is 31.9 Å². The third kappa shape index (κ3) is 4.00. The number of thiophene rings is 1. The highest BCUT2D eigenvalue weighted by atomic mass is 79.9. The predicted molar refractivity (Wildman–Crippen MR) is 73.2 cm³/mol. The number of hydrogen-bond donors (Lipinski definition) is 3. The van der Waals surface area contributed by atoms with Crippen molar-refractivity contribution in [2.24, 2.45) is 0 Å². The van der Waals surface area contributed by atoms with Crippen molar-refractivity contribution >= 4 is 59.2 Å². The van der Waals surface area contributed by atoms with Gasteiger partial charge < -0.3 is 10.2 Å². The van der Waals surface area contributed by atoms with E-state index in [1.807, 2.05) is 4.72 Å². The fourth-order valence-electron chi connectivity index (χ4n) is 1.12. The molecule has 0 saturated carbocycles. The fourth-order valence-corrected chi connectivity index (χ4v) is 6.16. The predicted octanol–water partition coefficient (Wildman–Crippen LogP) is 1.39. The second-order valence-electron chi connectivity index (χ2n) is 3.21. The molecule has 0 aliphatic carbocycles. The van der Waals surface area contributed by atoms with Crippen LogP contribution in [0, 0.1) is 0 Å². The van der Waals surface area contributed by atoms with Gasteiger partial charge in [0.15, 0.2) is 0 Å². The summed E-state index contributed by atoms with van der Waals surface area (Å²) in [7, 11) is -3.94. The number of sulfonamides is 1. The maximum atomic E-state index is 12.0. The van der Waals surface area contributed by atoms with Crippen LogP contribution in [0.5, 0.6) is 0 Å². The van der Waals surface area contributed by atoms with Gasteiger partial charge in [-0.15, -0.1) is 11.3 Å². The largest absolute Gasteiger partial charge is 0.480 e. The summed E-state index contributed by atoms with van der Waals surface area (Å²) in [6.45, 7) is -0.423. The highest BCUT2D eigenvalue weighted by Gasteiger charge is 2.27. The molecule has 1 unspecified atom stereocenters. The molecule has 1 rings (SSSR count). The van der Waals surface area contributed by atoms with Crippen LogP contribution in [0.3, 0.4) is 0 Å². The number of nitrogens with one attached hydrogen (secondary N) is 1. The molecule has 102 valence electrons. The minimum atomic E-state index is -3.94. The molecule has 1 atom stereocenters. The Morgan fingerprint density at radius 2 is 2.11 bits per heavy atom. The van der Waals surface area contributed by atoms with Gasteiger partial charge in [-0.1, -0.05) is 0 Å². The first-order chi connectivity index (χ1) is 8.27. The molecule has 0 radical (unpaired) electrons. The first-order valence-corrected chi connectivity index (χ1v) is 8.47. The average molecular weight is 423 g/mol. The fraction of sp³-hybridized carbons (Fsp3) is 0.375. The second kappa shape index (κ2) is 6.44. The van der Waals surface area contributed by atoms with E-state index in [1.165, 1.54) is 6.07 Å². The minimum Gasteiger partial charge on any atom is -0.480 e. The van der Waals surface area contributed by atoms with Gasteiger partial charge in [0.1, 0.15) is 10.9 Å². The average Bonchev–Trinajstić information content (AvgIpc) is 2.57. The first-order valence-electron chi connectivity index (χ1n) is 4.58. The highest BCUT2D eigenvalue weighted by molar-refractivity contribution is 9.12. The van der Waals surface area contributed by atoms with Gasteiger partial charge in [0.2, 0.25) is 10.0 Å². The summed E-state index contributed by atoms with van der Waals surface area (Å²) >= 11 is 7.40. The third-order valence-corrected chi connectivity index (χ3v) is 6.15. The number of carbonyl (C=O) groups is 1. The number of aliphatic hydroxyl groups excluding tert-OH is 1. The van der Waals surface area contributed by atoms with E-state index in [1.54, 1.807) is 0 Å². The Morgan fingerprint density at radius 3 is 2.50 bits per heavy atom. The number of halogens is 2. The van der Waals surface area contributed by atoms with Gasteiger partial charge in [-0.2, -0.15) is 4.72 Å². The molecular formula is C8H9Br2NO5S2. The van der Waals surface area contributed by atoms with Gasteiger partial charge in [-0.05, 0) is 44.3 Å². The van der Waals surface area contributed by atoms with E-state index >= 15 is 0 Å². The van der Waals surface area contributed by atoms with Crippen molar-refractivity contribution in [3.63, 3.8) is 0 Å². The molecule has 18 heavy (non-hydrogen) atoms. The molecular weight excluding hydrogens is 414 g/mol. The maximum Gasteiger partial charge on any atom is 0.321 e. The monoisotopic (exact) mass is 421 g/mol. The number of hydrogen-bond acceptors (Lipinski definition) is 5. The summed E-state index contributed by atoms with van der Waals surface area (Å²) in [5.41, 5.74) is 0. The molecule has 0 aromatic carbocycles. The van der Waals surface area contributed by atoms with Crippen LogP contribution in [0.1, 0.15) is 6.42 Å². The lowest BCUT2D eigenvalue weighted by Crippen LogP contribution is -2.41. The summed E-state index contributed by atoms with van der Waals surface area (Å²) in [6.07, 6.45) is -0.197. The quantitative estimate of drug-likeness (QED) is 0.642. The number of aliphatic carboxylic acids is 1. The zero-order valence-corrected chi connectivity index (χ0v) is 13.6. The third-order valence-electron chi connectivity index (χ3n) is 1.93. The minimum absolute atomic E-state index is 0.0384. The Kier molecular flexibility index (Phi) is 5.74. The molecule has 0 aliphatic heterocycles. The summed E-state index contributed by atoms with van der Waals surface area (Å²) in [4.78, 5) is 10.8. The summed E-state index contributed by atoms with van der Waals surface area (Å²) in [5, 5.41) is 17.5. The Morgan fingerprint density at radius 1 is 1.50 bits per heavy atom. The van der Waals surface area contributed by atoms with Crippen LogP contribution >= 0.6 is 43.2 Å². The van der Waals surface area contributed by atoms with Gasteiger partial charge in [-0.25, -0.2) is 8.42 Å². The maximum absolute atomic E-state index is 12.0. The topological polar surface area (TPSA) is 104 Å². The van der Waals surface area contributed by atoms with E-state index < -0.39 is 28.6 Å². The Hall–Kier alpha value is -0.000000000000000333. The van der Waals surface area contributed by atoms with Crippen LogP contribution in [0.2, 0.25) is 0 Å². The van der Waals surface area contributed by atoms with Crippen LogP contribution in [-0.4, -0.2) is 37.2 Å². The van der Waals surface area contributed by atoms with Crippen molar-refractivity contribution < 1.29 is 23.4 Å². The van der Waals surface area contributed by atoms with Gasteiger partial charge in [-0.3, -0.25) is 4.79 Å². The smallest absolute Gasteiger partial charge is 0.321 e. The molecule has 0 aliphatic rings. The van der Waals surface area contributed by atoms with Crippen molar-refractivity contribution in [1.82, 2.24) is 4.72 Å². The molecule has 6 nitrogen and oxygen atoms in total. The van der Waals surface area contributed by atoms with Crippen molar-refractivity contribution in [3.05, 3.63) is 13.6 Å². The van der Waals surface area contributed by atoms with Crippen LogP contribution in [-0.2, 0) is 14.8 Å². The summed E-state index contributed by atoms with van der Waals surface area (Å²) < 4.78 is 26.9. The Balaban J connectivity index is 3.00. The SMILES string of the molecule is O=C(O)C(CCO)NS(=O)(=O)c1cc(Br)sc1Br. The lowest BCUT2D eigenvalue weighted by atomic mass is 10.2. The Labute approximate surface area is 124 Å². The van der Waals surface area contributed by atoms with Crippen LogP contribution in [0.4, 0.5) is 0 Å². The first kappa shape index (κ1) is 16.1. The van der Waals surface area contributed by atoms with Gasteiger partial charge in [0.25, 0.3) is 0 Å².